The number of carbonyl (C=O) groups is 1. The maximum absolute atomic E-state index is 12.9. The number of hydrogen-bond acceptors (Lipinski definition) is 7. The Morgan fingerprint density at radius 2 is 1.96 bits per heavy atom. The highest BCUT2D eigenvalue weighted by Crippen LogP contribution is 2.23. The van der Waals surface area contributed by atoms with Crippen LogP contribution in [0, 0.1) is 0 Å². The molecule has 3 heterocycles. The van der Waals surface area contributed by atoms with Crippen molar-refractivity contribution >= 4 is 17.8 Å². The largest absolute Gasteiger partial charge is 0.368 e. The zero-order valence-electron chi connectivity index (χ0n) is 14.7. The molecular formula is C18H23N7O. The molecule has 0 unspecified atom stereocenters. The number of rotatable bonds is 3. The number of carbonyl (C=O) groups excluding carboxylic acids is 1. The summed E-state index contributed by atoms with van der Waals surface area (Å²) >= 11 is 0. The Morgan fingerprint density at radius 1 is 1.15 bits per heavy atom. The van der Waals surface area contributed by atoms with Crippen molar-refractivity contribution in [1.82, 2.24) is 25.3 Å². The van der Waals surface area contributed by atoms with Crippen LogP contribution in [0.4, 0.5) is 11.9 Å². The van der Waals surface area contributed by atoms with Crippen molar-refractivity contribution in [2.45, 2.75) is 44.6 Å². The van der Waals surface area contributed by atoms with Gasteiger partial charge in [0.25, 0.3) is 5.91 Å². The molecule has 8 nitrogen and oxygen atoms in total. The average molecular weight is 353 g/mol. The van der Waals surface area contributed by atoms with E-state index in [1.165, 1.54) is 0 Å². The fraction of sp³-hybridized carbons (Fsp3) is 0.500. The quantitative estimate of drug-likeness (QED) is 0.851. The normalized spacial score (nSPS) is 19.7. The average Bonchev–Trinajstić information content (AvgIpc) is 2.68. The van der Waals surface area contributed by atoms with Gasteiger partial charge >= 0.3 is 0 Å². The molecule has 1 aliphatic carbocycles. The summed E-state index contributed by atoms with van der Waals surface area (Å²) in [5.41, 5.74) is 8.16. The summed E-state index contributed by atoms with van der Waals surface area (Å²) < 4.78 is 0. The summed E-state index contributed by atoms with van der Waals surface area (Å²) in [6, 6.07) is 1.84. The Hall–Kier alpha value is -2.77. The first-order chi connectivity index (χ1) is 12.7. The van der Waals surface area contributed by atoms with Crippen LogP contribution in [0.5, 0.6) is 0 Å². The van der Waals surface area contributed by atoms with Crippen LogP contribution in [-0.2, 0) is 12.8 Å². The van der Waals surface area contributed by atoms with Gasteiger partial charge in [-0.25, -0.2) is 19.9 Å². The second-order valence-corrected chi connectivity index (χ2v) is 6.87. The Bertz CT molecular complexity index is 796. The van der Waals surface area contributed by atoms with Gasteiger partial charge in [-0.05, 0) is 44.6 Å². The highest BCUT2D eigenvalue weighted by Gasteiger charge is 2.26. The number of amides is 1. The first-order valence-corrected chi connectivity index (χ1v) is 9.19. The van der Waals surface area contributed by atoms with Crippen LogP contribution in [-0.4, -0.2) is 45.0 Å². The van der Waals surface area contributed by atoms with Crippen LogP contribution in [0.25, 0.3) is 0 Å². The Kier molecular flexibility index (Phi) is 4.64. The Labute approximate surface area is 152 Å². The van der Waals surface area contributed by atoms with Crippen LogP contribution < -0.4 is 16.0 Å². The zero-order valence-corrected chi connectivity index (χ0v) is 14.7. The summed E-state index contributed by atoms with van der Waals surface area (Å²) in [5, 5.41) is 3.13. The summed E-state index contributed by atoms with van der Waals surface area (Å²) in [7, 11) is 0. The lowest BCUT2D eigenvalue weighted by Crippen LogP contribution is -2.48. The molecule has 3 N–H and O–H groups in total. The highest BCUT2D eigenvalue weighted by atomic mass is 16.2. The van der Waals surface area contributed by atoms with Crippen LogP contribution in [0.2, 0.25) is 0 Å². The van der Waals surface area contributed by atoms with Gasteiger partial charge in [-0.15, -0.1) is 0 Å². The van der Waals surface area contributed by atoms with Gasteiger partial charge < -0.3 is 16.0 Å². The van der Waals surface area contributed by atoms with E-state index in [4.69, 9.17) is 5.73 Å². The van der Waals surface area contributed by atoms with E-state index in [0.717, 1.165) is 56.3 Å². The SMILES string of the molecule is Nc1nc2c(c(C(=O)N[C@H]3CCCN(c4ncccn4)C3)n1)CCCC2. The number of aryl methyl sites for hydroxylation is 1. The minimum Gasteiger partial charge on any atom is -0.368 e. The second-order valence-electron chi connectivity index (χ2n) is 6.87. The molecule has 2 aromatic rings. The van der Waals surface area contributed by atoms with E-state index < -0.39 is 0 Å². The zero-order chi connectivity index (χ0) is 17.9. The molecule has 0 bridgehead atoms. The van der Waals surface area contributed by atoms with Crippen LogP contribution in [0.3, 0.4) is 0 Å². The molecular weight excluding hydrogens is 330 g/mol. The van der Waals surface area contributed by atoms with Crippen molar-refractivity contribution in [3.05, 3.63) is 35.4 Å². The molecule has 1 aliphatic heterocycles. The van der Waals surface area contributed by atoms with E-state index in [9.17, 15) is 4.79 Å². The van der Waals surface area contributed by atoms with Crippen molar-refractivity contribution in [3.8, 4) is 0 Å². The molecule has 8 heteroatoms. The number of hydrogen-bond donors (Lipinski definition) is 2. The highest BCUT2D eigenvalue weighted by molar-refractivity contribution is 5.94. The maximum atomic E-state index is 12.9. The lowest BCUT2D eigenvalue weighted by Gasteiger charge is -2.33. The van der Waals surface area contributed by atoms with E-state index in [1.54, 1.807) is 18.5 Å². The van der Waals surface area contributed by atoms with E-state index in [0.29, 0.717) is 18.2 Å². The molecule has 0 radical (unpaired) electrons. The molecule has 0 aromatic carbocycles. The molecule has 1 amide bonds. The van der Waals surface area contributed by atoms with Crippen molar-refractivity contribution in [3.63, 3.8) is 0 Å². The van der Waals surface area contributed by atoms with Crippen molar-refractivity contribution in [1.29, 1.82) is 0 Å². The number of piperidine rings is 1. The summed E-state index contributed by atoms with van der Waals surface area (Å²) in [5.74, 6) is 0.729. The van der Waals surface area contributed by atoms with Gasteiger partial charge in [0.2, 0.25) is 11.9 Å². The van der Waals surface area contributed by atoms with Gasteiger partial charge in [-0.1, -0.05) is 0 Å². The first-order valence-electron chi connectivity index (χ1n) is 9.19. The molecule has 2 aliphatic rings. The number of nitrogens with one attached hydrogen (secondary N) is 1. The minimum absolute atomic E-state index is 0.0375. The van der Waals surface area contributed by atoms with E-state index in [-0.39, 0.29) is 17.9 Å². The van der Waals surface area contributed by atoms with Crippen LogP contribution in [0.15, 0.2) is 18.5 Å². The lowest BCUT2D eigenvalue weighted by molar-refractivity contribution is 0.0926. The molecule has 136 valence electrons. The fourth-order valence-corrected chi connectivity index (χ4v) is 3.79. The van der Waals surface area contributed by atoms with E-state index in [1.807, 2.05) is 0 Å². The van der Waals surface area contributed by atoms with Gasteiger partial charge in [0.15, 0.2) is 0 Å². The standard InChI is InChI=1S/C18H23N7O/c19-17-23-14-7-2-1-6-13(14)15(24-17)16(26)22-12-5-3-10-25(11-12)18-20-8-4-9-21-18/h4,8-9,12H,1-3,5-7,10-11H2,(H,22,26)(H2,19,23,24)/t12-/m0/s1. The van der Waals surface area contributed by atoms with Gasteiger partial charge in [0.1, 0.15) is 5.69 Å². The molecule has 4 rings (SSSR count). The van der Waals surface area contributed by atoms with Crippen molar-refractivity contribution < 1.29 is 4.79 Å². The molecule has 26 heavy (non-hydrogen) atoms. The van der Waals surface area contributed by atoms with Crippen LogP contribution >= 0.6 is 0 Å². The molecule has 0 spiro atoms. The smallest absolute Gasteiger partial charge is 0.270 e. The van der Waals surface area contributed by atoms with Gasteiger partial charge in [0.05, 0.1) is 0 Å². The second kappa shape index (κ2) is 7.23. The van der Waals surface area contributed by atoms with Gasteiger partial charge in [-0.3, -0.25) is 4.79 Å². The van der Waals surface area contributed by atoms with Gasteiger partial charge in [-0.2, -0.15) is 0 Å². The number of fused-ring (bicyclic) bond motifs is 1. The summed E-state index contributed by atoms with van der Waals surface area (Å²) in [4.78, 5) is 32.2. The van der Waals surface area contributed by atoms with Crippen molar-refractivity contribution in [2.75, 3.05) is 23.7 Å². The molecule has 1 fully saturated rings. The molecule has 0 saturated carbocycles. The van der Waals surface area contributed by atoms with E-state index in [2.05, 4.69) is 30.2 Å². The third kappa shape index (κ3) is 3.44. The summed E-state index contributed by atoms with van der Waals surface area (Å²) in [6.45, 7) is 1.59. The molecule has 1 atom stereocenters. The third-order valence-corrected chi connectivity index (χ3v) is 5.01. The minimum atomic E-state index is -0.155. The fourth-order valence-electron chi connectivity index (χ4n) is 3.79. The molecule has 1 saturated heterocycles. The Balaban J connectivity index is 1.49. The number of nitrogens with zero attached hydrogens (tertiary/aromatic N) is 5. The van der Waals surface area contributed by atoms with Gasteiger partial charge in [0, 0.05) is 42.8 Å². The number of anilines is 2. The number of aromatic nitrogens is 4. The van der Waals surface area contributed by atoms with E-state index >= 15 is 0 Å². The topological polar surface area (TPSA) is 110 Å². The third-order valence-electron chi connectivity index (χ3n) is 5.01. The predicted octanol–water partition coefficient (Wildman–Crippen LogP) is 1.13. The lowest BCUT2D eigenvalue weighted by atomic mass is 9.94. The number of nitrogen functional groups attached to an aromatic ring is 1. The Morgan fingerprint density at radius 3 is 2.81 bits per heavy atom. The number of nitrogens with two attached hydrogens (primary N) is 1. The van der Waals surface area contributed by atoms with Crippen molar-refractivity contribution in [2.24, 2.45) is 0 Å². The first kappa shape index (κ1) is 16.7. The summed E-state index contributed by atoms with van der Waals surface area (Å²) in [6.07, 6.45) is 9.23. The molecule has 2 aromatic heterocycles. The monoisotopic (exact) mass is 353 g/mol. The maximum Gasteiger partial charge on any atom is 0.270 e. The predicted molar refractivity (Wildman–Crippen MR) is 97.8 cm³/mol. The van der Waals surface area contributed by atoms with Crippen LogP contribution in [0.1, 0.15) is 47.4 Å².